The molecular formula is C23H29NO3. The molecule has 1 aliphatic heterocycles. The van der Waals surface area contributed by atoms with Crippen LogP contribution in [0.1, 0.15) is 55.5 Å². The zero-order valence-electron chi connectivity index (χ0n) is 17.1. The molecule has 0 radical (unpaired) electrons. The van der Waals surface area contributed by atoms with Gasteiger partial charge in [0.1, 0.15) is 17.1 Å². The van der Waals surface area contributed by atoms with Crippen LogP contribution in [0.25, 0.3) is 0 Å². The highest BCUT2D eigenvalue weighted by molar-refractivity contribution is 5.81. The van der Waals surface area contributed by atoms with Gasteiger partial charge in [-0.25, -0.2) is 0 Å². The van der Waals surface area contributed by atoms with E-state index in [1.165, 1.54) is 0 Å². The van der Waals surface area contributed by atoms with Crippen LogP contribution in [0.15, 0.2) is 36.4 Å². The van der Waals surface area contributed by atoms with Gasteiger partial charge in [0.05, 0.1) is 6.04 Å². The Hall–Kier alpha value is -2.49. The molecule has 1 aliphatic rings. The van der Waals surface area contributed by atoms with E-state index in [4.69, 9.17) is 9.47 Å². The van der Waals surface area contributed by atoms with Gasteiger partial charge >= 0.3 is 0 Å². The highest BCUT2D eigenvalue weighted by Gasteiger charge is 2.35. The molecule has 0 aliphatic carbocycles. The van der Waals surface area contributed by atoms with Crippen LogP contribution in [0.4, 0.5) is 0 Å². The van der Waals surface area contributed by atoms with Gasteiger partial charge < -0.3 is 14.8 Å². The fourth-order valence-corrected chi connectivity index (χ4v) is 3.64. The van der Waals surface area contributed by atoms with Gasteiger partial charge in [0.15, 0.2) is 6.10 Å². The summed E-state index contributed by atoms with van der Waals surface area (Å²) in [4.78, 5) is 12.8. The maximum Gasteiger partial charge on any atom is 0.261 e. The molecule has 4 heteroatoms. The van der Waals surface area contributed by atoms with Crippen molar-refractivity contribution in [3.8, 4) is 11.5 Å². The quantitative estimate of drug-likeness (QED) is 0.844. The molecule has 2 aromatic carbocycles. The van der Waals surface area contributed by atoms with E-state index in [2.05, 4.69) is 17.4 Å². The lowest BCUT2D eigenvalue weighted by Crippen LogP contribution is -2.44. The van der Waals surface area contributed by atoms with E-state index in [1.54, 1.807) is 6.92 Å². The van der Waals surface area contributed by atoms with E-state index in [1.807, 2.05) is 58.9 Å². The summed E-state index contributed by atoms with van der Waals surface area (Å²) >= 11 is 0. The average Bonchev–Trinajstić information content (AvgIpc) is 2.52. The van der Waals surface area contributed by atoms with Gasteiger partial charge in [0, 0.05) is 12.0 Å². The van der Waals surface area contributed by atoms with Crippen molar-refractivity contribution in [3.63, 3.8) is 0 Å². The van der Waals surface area contributed by atoms with Crippen molar-refractivity contribution in [1.82, 2.24) is 5.32 Å². The van der Waals surface area contributed by atoms with Crippen LogP contribution in [-0.4, -0.2) is 17.6 Å². The minimum Gasteiger partial charge on any atom is -0.487 e. The first-order valence-corrected chi connectivity index (χ1v) is 9.48. The molecule has 2 aromatic rings. The number of hydrogen-bond acceptors (Lipinski definition) is 3. The molecule has 1 N–H and O–H groups in total. The average molecular weight is 367 g/mol. The van der Waals surface area contributed by atoms with Crippen molar-refractivity contribution in [2.45, 2.75) is 65.7 Å². The van der Waals surface area contributed by atoms with Gasteiger partial charge in [-0.3, -0.25) is 4.79 Å². The second kappa shape index (κ2) is 7.26. The standard InChI is InChI=1S/C23H29NO3/c1-14-7-8-19-20(13-23(5,6)27-21(19)12-14)24-22(25)17(4)26-18-10-15(2)9-16(3)11-18/h7-12,17,20H,13H2,1-6H3,(H,24,25). The maximum atomic E-state index is 12.8. The molecular weight excluding hydrogens is 338 g/mol. The summed E-state index contributed by atoms with van der Waals surface area (Å²) in [5.74, 6) is 1.45. The Kier molecular flexibility index (Phi) is 5.18. The highest BCUT2D eigenvalue weighted by atomic mass is 16.5. The number of nitrogens with one attached hydrogen (secondary N) is 1. The first-order chi connectivity index (χ1) is 12.6. The summed E-state index contributed by atoms with van der Waals surface area (Å²) in [5.41, 5.74) is 4.06. The van der Waals surface area contributed by atoms with Crippen molar-refractivity contribution in [2.24, 2.45) is 0 Å². The van der Waals surface area contributed by atoms with Crippen LogP contribution in [0, 0.1) is 20.8 Å². The predicted octanol–water partition coefficient (Wildman–Crippen LogP) is 4.80. The minimum absolute atomic E-state index is 0.0952. The van der Waals surface area contributed by atoms with Crippen molar-refractivity contribution < 1.29 is 14.3 Å². The van der Waals surface area contributed by atoms with E-state index >= 15 is 0 Å². The SMILES string of the molecule is Cc1cc(C)cc(OC(C)C(=O)NC2CC(C)(C)Oc3cc(C)ccc32)c1. The van der Waals surface area contributed by atoms with Gasteiger partial charge in [-0.2, -0.15) is 0 Å². The molecule has 144 valence electrons. The van der Waals surface area contributed by atoms with E-state index in [0.29, 0.717) is 6.42 Å². The summed E-state index contributed by atoms with van der Waals surface area (Å²) in [5, 5.41) is 3.16. The van der Waals surface area contributed by atoms with Crippen LogP contribution >= 0.6 is 0 Å². The number of aryl methyl sites for hydroxylation is 3. The molecule has 27 heavy (non-hydrogen) atoms. The van der Waals surface area contributed by atoms with Crippen molar-refractivity contribution >= 4 is 5.91 Å². The van der Waals surface area contributed by atoms with Gasteiger partial charge in [0.25, 0.3) is 5.91 Å². The summed E-state index contributed by atoms with van der Waals surface area (Å²) in [7, 11) is 0. The van der Waals surface area contributed by atoms with Crippen molar-refractivity contribution in [1.29, 1.82) is 0 Å². The van der Waals surface area contributed by atoms with Gasteiger partial charge in [-0.15, -0.1) is 0 Å². The van der Waals surface area contributed by atoms with Crippen LogP contribution in [-0.2, 0) is 4.79 Å². The van der Waals surface area contributed by atoms with Crippen LogP contribution < -0.4 is 14.8 Å². The third-order valence-electron chi connectivity index (χ3n) is 4.82. The molecule has 0 aromatic heterocycles. The number of fused-ring (bicyclic) bond motifs is 1. The Morgan fingerprint density at radius 1 is 1.11 bits per heavy atom. The number of amides is 1. The lowest BCUT2D eigenvalue weighted by molar-refractivity contribution is -0.128. The number of rotatable bonds is 4. The topological polar surface area (TPSA) is 47.6 Å². The van der Waals surface area contributed by atoms with E-state index < -0.39 is 6.10 Å². The third-order valence-corrected chi connectivity index (χ3v) is 4.82. The van der Waals surface area contributed by atoms with E-state index in [9.17, 15) is 4.79 Å². The monoisotopic (exact) mass is 367 g/mol. The Labute approximate surface area is 161 Å². The van der Waals surface area contributed by atoms with Gasteiger partial charge in [-0.1, -0.05) is 18.2 Å². The molecule has 0 spiro atoms. The molecule has 2 unspecified atom stereocenters. The molecule has 0 saturated carbocycles. The molecule has 2 atom stereocenters. The Balaban J connectivity index is 1.75. The smallest absolute Gasteiger partial charge is 0.261 e. The summed E-state index contributed by atoms with van der Waals surface area (Å²) in [6.45, 7) is 12.0. The Morgan fingerprint density at radius 3 is 2.44 bits per heavy atom. The number of carbonyl (C=O) groups excluding carboxylic acids is 1. The second-order valence-electron chi connectivity index (χ2n) is 8.25. The first kappa shape index (κ1) is 19.3. The Bertz CT molecular complexity index is 836. The van der Waals surface area contributed by atoms with Crippen LogP contribution in [0.2, 0.25) is 0 Å². The molecule has 0 saturated heterocycles. The normalized spacial score (nSPS) is 18.8. The first-order valence-electron chi connectivity index (χ1n) is 9.48. The van der Waals surface area contributed by atoms with Crippen molar-refractivity contribution in [3.05, 3.63) is 58.7 Å². The molecule has 1 amide bonds. The molecule has 3 rings (SSSR count). The van der Waals surface area contributed by atoms with Gasteiger partial charge in [-0.05, 0) is 76.4 Å². The van der Waals surface area contributed by atoms with E-state index in [0.717, 1.165) is 33.8 Å². The van der Waals surface area contributed by atoms with Gasteiger partial charge in [0.2, 0.25) is 0 Å². The van der Waals surface area contributed by atoms with Crippen molar-refractivity contribution in [2.75, 3.05) is 0 Å². The minimum atomic E-state index is -0.578. The largest absolute Gasteiger partial charge is 0.487 e. The molecule has 0 bridgehead atoms. The van der Waals surface area contributed by atoms with Crippen LogP contribution in [0.3, 0.4) is 0 Å². The fraction of sp³-hybridized carbons (Fsp3) is 0.435. The van der Waals surface area contributed by atoms with Crippen LogP contribution in [0.5, 0.6) is 11.5 Å². The van der Waals surface area contributed by atoms with E-state index in [-0.39, 0.29) is 17.6 Å². The fourth-order valence-electron chi connectivity index (χ4n) is 3.64. The number of ether oxygens (including phenoxy) is 2. The number of carbonyl (C=O) groups is 1. The molecule has 1 heterocycles. The summed E-state index contributed by atoms with van der Waals surface area (Å²) < 4.78 is 12.0. The summed E-state index contributed by atoms with van der Waals surface area (Å²) in [6, 6.07) is 12.0. The number of hydrogen-bond donors (Lipinski definition) is 1. The number of benzene rings is 2. The second-order valence-corrected chi connectivity index (χ2v) is 8.25. The Morgan fingerprint density at radius 2 is 1.78 bits per heavy atom. The zero-order valence-corrected chi connectivity index (χ0v) is 17.1. The lowest BCUT2D eigenvalue weighted by atomic mass is 9.89. The molecule has 0 fully saturated rings. The summed E-state index contributed by atoms with van der Waals surface area (Å²) in [6.07, 6.45) is 0.136. The maximum absolute atomic E-state index is 12.8. The lowest BCUT2D eigenvalue weighted by Gasteiger charge is -2.38. The zero-order chi connectivity index (χ0) is 19.8. The predicted molar refractivity (Wildman–Crippen MR) is 107 cm³/mol. The molecule has 4 nitrogen and oxygen atoms in total. The third kappa shape index (κ3) is 4.62. The highest BCUT2D eigenvalue weighted by Crippen LogP contribution is 2.40.